The van der Waals surface area contributed by atoms with E-state index in [1.165, 1.54) is 10.5 Å². The fourth-order valence-corrected chi connectivity index (χ4v) is 4.34. The van der Waals surface area contributed by atoms with E-state index in [9.17, 15) is 13.2 Å². The lowest BCUT2D eigenvalue weighted by Gasteiger charge is -2.33. The molecule has 1 aliphatic rings. The smallest absolute Gasteiger partial charge is 0.307 e. The molecule has 7 nitrogen and oxygen atoms in total. The number of carbonyl (C=O) groups is 1. The topological polar surface area (TPSA) is 89.7 Å². The molecule has 8 heteroatoms. The number of piperidine rings is 1. The second-order valence-electron chi connectivity index (χ2n) is 5.02. The Kier molecular flexibility index (Phi) is 5.00. The average Bonchev–Trinajstić information content (AvgIpc) is 2.86. The molecule has 0 N–H and O–H groups in total. The summed E-state index contributed by atoms with van der Waals surface area (Å²) in [5.74, 6) is -0.109. The van der Waals surface area contributed by atoms with Gasteiger partial charge in [-0.05, 0) is 26.7 Å². The summed E-state index contributed by atoms with van der Waals surface area (Å²) >= 11 is 0. The molecular formula is C13H20N2O5S. The zero-order valence-electron chi connectivity index (χ0n) is 12.2. The van der Waals surface area contributed by atoms with Crippen LogP contribution in [0.2, 0.25) is 0 Å². The van der Waals surface area contributed by atoms with Crippen LogP contribution < -0.4 is 0 Å². The summed E-state index contributed by atoms with van der Waals surface area (Å²) in [4.78, 5) is 11.7. The number of ether oxygens (including phenoxy) is 1. The maximum atomic E-state index is 12.7. The average molecular weight is 316 g/mol. The van der Waals surface area contributed by atoms with Crippen LogP contribution in [0, 0.1) is 6.92 Å². The van der Waals surface area contributed by atoms with Crippen LogP contribution in [0.4, 0.5) is 0 Å². The first-order valence-electron chi connectivity index (χ1n) is 7.05. The number of carbonyl (C=O) groups excluding carboxylic acids is 1. The van der Waals surface area contributed by atoms with E-state index in [0.29, 0.717) is 19.6 Å². The maximum Gasteiger partial charge on any atom is 0.307 e. The minimum Gasteiger partial charge on any atom is -0.466 e. The molecule has 0 radical (unpaired) electrons. The Labute approximate surface area is 124 Å². The molecule has 0 saturated carbocycles. The lowest BCUT2D eigenvalue weighted by Crippen LogP contribution is -2.44. The number of nitrogens with zero attached hydrogens (tertiary/aromatic N) is 2. The number of aromatic nitrogens is 1. The van der Waals surface area contributed by atoms with Crippen LogP contribution in [-0.2, 0) is 19.6 Å². The lowest BCUT2D eigenvalue weighted by molar-refractivity contribution is -0.144. The summed E-state index contributed by atoms with van der Waals surface area (Å²) in [6, 6.07) is -0.364. The Morgan fingerprint density at radius 3 is 2.90 bits per heavy atom. The first-order chi connectivity index (χ1) is 9.96. The van der Waals surface area contributed by atoms with Crippen molar-refractivity contribution in [3.63, 3.8) is 0 Å². The normalized spacial score (nSPS) is 20.4. The molecule has 1 atom stereocenters. The fraction of sp³-hybridized carbons (Fsp3) is 0.692. The van der Waals surface area contributed by atoms with Crippen LogP contribution in [0.1, 0.15) is 38.4 Å². The van der Waals surface area contributed by atoms with E-state index < -0.39 is 10.0 Å². The highest BCUT2D eigenvalue weighted by Crippen LogP contribution is 2.28. The van der Waals surface area contributed by atoms with Gasteiger partial charge in [0, 0.05) is 12.6 Å². The van der Waals surface area contributed by atoms with E-state index in [2.05, 4.69) is 5.16 Å². The Balaban J connectivity index is 2.22. The molecule has 0 bridgehead atoms. The largest absolute Gasteiger partial charge is 0.466 e. The van der Waals surface area contributed by atoms with E-state index >= 15 is 0 Å². The predicted molar refractivity (Wildman–Crippen MR) is 74.0 cm³/mol. The van der Waals surface area contributed by atoms with Crippen LogP contribution in [0.3, 0.4) is 0 Å². The molecule has 21 heavy (non-hydrogen) atoms. The number of rotatable bonds is 5. The second-order valence-corrected chi connectivity index (χ2v) is 6.88. The van der Waals surface area contributed by atoms with Gasteiger partial charge in [-0.3, -0.25) is 4.79 Å². The van der Waals surface area contributed by atoms with Crippen molar-refractivity contribution in [3.8, 4) is 0 Å². The number of sulfonamides is 1. The molecule has 0 unspecified atom stereocenters. The van der Waals surface area contributed by atoms with Gasteiger partial charge in [0.1, 0.15) is 4.90 Å². The SMILES string of the molecule is CCOC(=O)C[C@H]1CCCCN1S(=O)(=O)c1cnoc1C. The first kappa shape index (κ1) is 16.0. The Hall–Kier alpha value is -1.41. The highest BCUT2D eigenvalue weighted by molar-refractivity contribution is 7.89. The maximum absolute atomic E-state index is 12.7. The molecule has 1 fully saturated rings. The van der Waals surface area contributed by atoms with E-state index in [0.717, 1.165) is 12.8 Å². The molecule has 0 aromatic carbocycles. The fourth-order valence-electron chi connectivity index (χ4n) is 2.57. The number of hydrogen-bond donors (Lipinski definition) is 0. The van der Waals surface area contributed by atoms with Gasteiger partial charge >= 0.3 is 5.97 Å². The Bertz CT molecular complexity index is 595. The lowest BCUT2D eigenvalue weighted by atomic mass is 10.0. The second kappa shape index (κ2) is 6.57. The van der Waals surface area contributed by atoms with Gasteiger partial charge in [-0.15, -0.1) is 0 Å². The molecule has 1 aliphatic heterocycles. The minimum absolute atomic E-state index is 0.0678. The van der Waals surface area contributed by atoms with Gasteiger partial charge in [0.25, 0.3) is 0 Å². The highest BCUT2D eigenvalue weighted by Gasteiger charge is 2.36. The van der Waals surface area contributed by atoms with E-state index in [1.54, 1.807) is 13.8 Å². The summed E-state index contributed by atoms with van der Waals surface area (Å²) in [5, 5.41) is 3.53. The van der Waals surface area contributed by atoms with Gasteiger partial charge in [-0.2, -0.15) is 4.31 Å². The van der Waals surface area contributed by atoms with Gasteiger partial charge in [-0.25, -0.2) is 8.42 Å². The zero-order valence-corrected chi connectivity index (χ0v) is 13.1. The molecule has 0 spiro atoms. The minimum atomic E-state index is -3.69. The third-order valence-corrected chi connectivity index (χ3v) is 5.62. The summed E-state index contributed by atoms with van der Waals surface area (Å²) in [6.45, 7) is 3.98. The summed E-state index contributed by atoms with van der Waals surface area (Å²) in [7, 11) is -3.69. The number of esters is 1. The van der Waals surface area contributed by atoms with Crippen LogP contribution in [0.25, 0.3) is 0 Å². The molecule has 1 aromatic heterocycles. The summed E-state index contributed by atoms with van der Waals surface area (Å²) < 4.78 is 36.5. The molecule has 0 aliphatic carbocycles. The first-order valence-corrected chi connectivity index (χ1v) is 8.49. The summed E-state index contributed by atoms with van der Waals surface area (Å²) in [6.07, 6.45) is 3.63. The standard InChI is InChI=1S/C13H20N2O5S/c1-3-19-13(16)8-11-6-4-5-7-15(11)21(17,18)12-9-14-20-10(12)2/h9,11H,3-8H2,1-2H3/t11-/m1/s1. The molecule has 1 aromatic rings. The number of aryl methyl sites for hydroxylation is 1. The van der Waals surface area contributed by atoms with Gasteiger partial charge in [-0.1, -0.05) is 11.6 Å². The van der Waals surface area contributed by atoms with E-state index in [4.69, 9.17) is 9.26 Å². The van der Waals surface area contributed by atoms with Crippen molar-refractivity contribution >= 4 is 16.0 Å². The van der Waals surface area contributed by atoms with Crippen molar-refractivity contribution in [3.05, 3.63) is 12.0 Å². The predicted octanol–water partition coefficient (Wildman–Crippen LogP) is 1.48. The molecule has 2 heterocycles. The van der Waals surface area contributed by atoms with Crippen molar-refractivity contribution in [2.24, 2.45) is 0 Å². The molecular weight excluding hydrogens is 296 g/mol. The molecule has 1 saturated heterocycles. The Morgan fingerprint density at radius 1 is 1.52 bits per heavy atom. The van der Waals surface area contributed by atoms with Crippen LogP contribution in [0.5, 0.6) is 0 Å². The van der Waals surface area contributed by atoms with Crippen molar-refractivity contribution in [1.82, 2.24) is 9.46 Å². The van der Waals surface area contributed by atoms with Crippen molar-refractivity contribution in [2.75, 3.05) is 13.2 Å². The van der Waals surface area contributed by atoms with Gasteiger partial charge in [0.05, 0.1) is 19.2 Å². The van der Waals surface area contributed by atoms with Crippen molar-refractivity contribution in [2.45, 2.75) is 50.5 Å². The van der Waals surface area contributed by atoms with E-state index in [-0.39, 0.29) is 29.1 Å². The van der Waals surface area contributed by atoms with Crippen LogP contribution in [-0.4, -0.2) is 43.0 Å². The number of hydrogen-bond acceptors (Lipinski definition) is 6. The monoisotopic (exact) mass is 316 g/mol. The zero-order chi connectivity index (χ0) is 15.5. The Morgan fingerprint density at radius 2 is 2.29 bits per heavy atom. The third kappa shape index (κ3) is 3.44. The third-order valence-electron chi connectivity index (χ3n) is 3.57. The van der Waals surface area contributed by atoms with Gasteiger partial charge < -0.3 is 9.26 Å². The van der Waals surface area contributed by atoms with E-state index in [1.807, 2.05) is 0 Å². The quantitative estimate of drug-likeness (QED) is 0.764. The van der Waals surface area contributed by atoms with Crippen LogP contribution in [0.15, 0.2) is 15.6 Å². The molecule has 0 amide bonds. The molecule has 118 valence electrons. The van der Waals surface area contributed by atoms with Gasteiger partial charge in [0.15, 0.2) is 5.76 Å². The van der Waals surface area contributed by atoms with Crippen LogP contribution >= 0.6 is 0 Å². The molecule has 2 rings (SSSR count). The van der Waals surface area contributed by atoms with Gasteiger partial charge in [0.2, 0.25) is 10.0 Å². The van der Waals surface area contributed by atoms with Crippen molar-refractivity contribution in [1.29, 1.82) is 0 Å². The highest BCUT2D eigenvalue weighted by atomic mass is 32.2. The van der Waals surface area contributed by atoms with Crippen molar-refractivity contribution < 1.29 is 22.5 Å². The summed E-state index contributed by atoms with van der Waals surface area (Å²) in [5.41, 5.74) is 0.